The van der Waals surface area contributed by atoms with Crippen LogP contribution in [0.5, 0.6) is 0 Å². The number of hydrogen-bond acceptors (Lipinski definition) is 6. The zero-order chi connectivity index (χ0) is 27.2. The number of carbonyl (C=O) groups excluding carboxylic acids is 2. The van der Waals surface area contributed by atoms with Crippen LogP contribution < -0.4 is 20.9 Å². The van der Waals surface area contributed by atoms with Crippen molar-refractivity contribution in [3.05, 3.63) is 107 Å². The van der Waals surface area contributed by atoms with Crippen molar-refractivity contribution in [2.45, 2.75) is 45.9 Å². The Balaban J connectivity index is 1.66. The molecular weight excluding hydrogens is 512 g/mol. The fourth-order valence-electron chi connectivity index (χ4n) is 4.23. The molecule has 1 atom stereocenters. The summed E-state index contributed by atoms with van der Waals surface area (Å²) in [5.41, 5.74) is 0.0232. The number of nitrogens with one attached hydrogen (secondary N) is 1. The predicted molar refractivity (Wildman–Crippen MR) is 154 cm³/mol. The Bertz CT molecular complexity index is 1260. The van der Waals surface area contributed by atoms with Gasteiger partial charge in [0.1, 0.15) is 16.7 Å². The van der Waals surface area contributed by atoms with Crippen LogP contribution in [-0.2, 0) is 20.6 Å². The van der Waals surface area contributed by atoms with Gasteiger partial charge in [0.25, 0.3) is 8.32 Å². The lowest BCUT2D eigenvalue weighted by molar-refractivity contribution is -0.119. The van der Waals surface area contributed by atoms with Crippen molar-refractivity contribution in [3.8, 4) is 0 Å². The standard InChI is InChI=1S/C30H32N2O4SSi/c1-22(33)27(32-29(34)36-30(2,3)4)28-31-23(21-37-28)20-35-38(24-14-8-5-9-15-24,25-16-10-6-11-17-25)26-18-12-7-13-19-26/h5-19,21,27H,20H2,1-4H3,(H,32,34)/t27-/m0/s1. The minimum Gasteiger partial charge on any atom is -0.444 e. The van der Waals surface area contributed by atoms with Gasteiger partial charge < -0.3 is 14.5 Å². The first kappa shape index (κ1) is 27.4. The molecule has 0 fully saturated rings. The minimum atomic E-state index is -2.89. The normalized spacial score (nSPS) is 12.5. The molecule has 1 N–H and O–H groups in total. The molecule has 0 saturated carbocycles. The van der Waals surface area contributed by atoms with Crippen molar-refractivity contribution in [2.75, 3.05) is 0 Å². The van der Waals surface area contributed by atoms with Crippen molar-refractivity contribution < 1.29 is 18.8 Å². The number of aromatic nitrogens is 1. The Morgan fingerprint density at radius 1 is 0.868 bits per heavy atom. The van der Waals surface area contributed by atoms with Crippen molar-refractivity contribution >= 4 is 47.1 Å². The third-order valence-electron chi connectivity index (χ3n) is 5.86. The molecule has 4 aromatic rings. The number of nitrogens with zero attached hydrogens (tertiary/aromatic N) is 1. The van der Waals surface area contributed by atoms with Crippen LogP contribution in [0.1, 0.15) is 44.4 Å². The summed E-state index contributed by atoms with van der Waals surface area (Å²) in [7, 11) is -2.89. The van der Waals surface area contributed by atoms with Gasteiger partial charge in [-0.05, 0) is 43.3 Å². The average Bonchev–Trinajstić information content (AvgIpc) is 3.37. The second kappa shape index (κ2) is 11.9. The molecular formula is C30H32N2O4SSi. The molecule has 196 valence electrons. The first-order valence-electron chi connectivity index (χ1n) is 12.4. The van der Waals surface area contributed by atoms with E-state index in [0.29, 0.717) is 10.7 Å². The first-order chi connectivity index (χ1) is 18.2. The van der Waals surface area contributed by atoms with Gasteiger partial charge >= 0.3 is 6.09 Å². The molecule has 38 heavy (non-hydrogen) atoms. The van der Waals surface area contributed by atoms with Crippen LogP contribution in [0.15, 0.2) is 96.4 Å². The second-order valence-corrected chi connectivity index (χ2v) is 14.2. The number of thiazole rings is 1. The van der Waals surface area contributed by atoms with E-state index in [2.05, 4.69) is 41.7 Å². The summed E-state index contributed by atoms with van der Waals surface area (Å²) in [5, 5.41) is 8.41. The summed E-state index contributed by atoms with van der Waals surface area (Å²) in [6, 6.07) is 30.1. The molecule has 1 aromatic heterocycles. The fourth-order valence-corrected chi connectivity index (χ4v) is 8.99. The van der Waals surface area contributed by atoms with Crippen LogP contribution in [0, 0.1) is 0 Å². The highest BCUT2D eigenvalue weighted by molar-refractivity contribution is 7.10. The smallest absolute Gasteiger partial charge is 0.408 e. The molecule has 4 rings (SSSR count). The third kappa shape index (κ3) is 6.45. The number of hydrogen-bond donors (Lipinski definition) is 1. The summed E-state index contributed by atoms with van der Waals surface area (Å²) in [4.78, 5) is 29.4. The van der Waals surface area contributed by atoms with E-state index in [-0.39, 0.29) is 12.4 Å². The molecule has 0 aliphatic rings. The van der Waals surface area contributed by atoms with Gasteiger partial charge in [-0.2, -0.15) is 0 Å². The van der Waals surface area contributed by atoms with Crippen molar-refractivity contribution in [1.82, 2.24) is 10.3 Å². The molecule has 6 nitrogen and oxygen atoms in total. The largest absolute Gasteiger partial charge is 0.444 e. The van der Waals surface area contributed by atoms with E-state index in [1.165, 1.54) is 18.3 Å². The SMILES string of the molecule is CC(=O)[C@H](NC(=O)OC(C)(C)C)c1nc(CO[Si](c2ccccc2)(c2ccccc2)c2ccccc2)cs1. The van der Waals surface area contributed by atoms with E-state index in [9.17, 15) is 9.59 Å². The Kier molecular flexibility index (Phi) is 8.56. The van der Waals surface area contributed by atoms with E-state index in [0.717, 1.165) is 15.6 Å². The number of alkyl carbamates (subject to hydrolysis) is 1. The number of rotatable bonds is 9. The average molecular weight is 545 g/mol. The molecule has 0 radical (unpaired) electrons. The van der Waals surface area contributed by atoms with Gasteiger partial charge in [-0.25, -0.2) is 9.78 Å². The second-order valence-electron chi connectivity index (χ2n) is 9.93. The number of Topliss-reactive ketones (excluding diaryl/α,β-unsaturated/α-hetero) is 1. The minimum absolute atomic E-state index is 0.223. The monoisotopic (exact) mass is 544 g/mol. The first-order valence-corrected chi connectivity index (χ1v) is 15.2. The van der Waals surface area contributed by atoms with Gasteiger partial charge in [0.05, 0.1) is 12.3 Å². The zero-order valence-corrected chi connectivity index (χ0v) is 23.8. The van der Waals surface area contributed by atoms with Gasteiger partial charge in [0.15, 0.2) is 5.78 Å². The van der Waals surface area contributed by atoms with Crippen molar-refractivity contribution in [1.29, 1.82) is 0 Å². The Morgan fingerprint density at radius 2 is 1.34 bits per heavy atom. The highest BCUT2D eigenvalue weighted by atomic mass is 32.1. The molecule has 0 bridgehead atoms. The number of carbonyl (C=O) groups is 2. The molecule has 0 spiro atoms. The summed E-state index contributed by atoms with van der Waals surface area (Å²) in [5.74, 6) is -0.223. The maximum absolute atomic E-state index is 12.4. The van der Waals surface area contributed by atoms with E-state index >= 15 is 0 Å². The number of ketones is 1. The van der Waals surface area contributed by atoms with Crippen LogP contribution in [0.2, 0.25) is 0 Å². The van der Waals surface area contributed by atoms with E-state index in [1.807, 2.05) is 60.0 Å². The van der Waals surface area contributed by atoms with Crippen LogP contribution in [0.25, 0.3) is 0 Å². The molecule has 3 aromatic carbocycles. The maximum atomic E-state index is 12.4. The van der Waals surface area contributed by atoms with Crippen molar-refractivity contribution in [3.63, 3.8) is 0 Å². The van der Waals surface area contributed by atoms with Gasteiger partial charge in [-0.15, -0.1) is 11.3 Å². The van der Waals surface area contributed by atoms with Crippen LogP contribution >= 0.6 is 11.3 Å². The molecule has 8 heteroatoms. The lowest BCUT2D eigenvalue weighted by Gasteiger charge is -2.32. The molecule has 0 saturated heterocycles. The number of benzene rings is 3. The summed E-state index contributed by atoms with van der Waals surface area (Å²) < 4.78 is 12.3. The summed E-state index contributed by atoms with van der Waals surface area (Å²) in [6.45, 7) is 7.00. The molecule has 0 aliphatic carbocycles. The Labute approximate surface area is 228 Å². The van der Waals surface area contributed by atoms with E-state index in [4.69, 9.17) is 14.1 Å². The van der Waals surface area contributed by atoms with Crippen molar-refractivity contribution in [2.24, 2.45) is 0 Å². The highest BCUT2D eigenvalue weighted by Gasteiger charge is 2.42. The molecule has 1 amide bonds. The topological polar surface area (TPSA) is 77.5 Å². The lowest BCUT2D eigenvalue weighted by atomic mass is 10.2. The number of amides is 1. The zero-order valence-electron chi connectivity index (χ0n) is 22.0. The number of ether oxygens (including phenoxy) is 1. The highest BCUT2D eigenvalue weighted by Crippen LogP contribution is 2.22. The molecule has 1 heterocycles. The van der Waals surface area contributed by atoms with E-state index < -0.39 is 26.1 Å². The van der Waals surface area contributed by atoms with Gasteiger partial charge in [0.2, 0.25) is 0 Å². The predicted octanol–water partition coefficient (Wildman–Crippen LogP) is 4.48. The van der Waals surface area contributed by atoms with Gasteiger partial charge in [-0.1, -0.05) is 91.0 Å². The maximum Gasteiger partial charge on any atom is 0.408 e. The molecule has 0 aliphatic heterocycles. The van der Waals surface area contributed by atoms with Crippen LogP contribution in [-0.4, -0.2) is 30.8 Å². The fraction of sp³-hybridized carbons (Fsp3) is 0.233. The van der Waals surface area contributed by atoms with Crippen LogP contribution in [0.4, 0.5) is 4.79 Å². The lowest BCUT2D eigenvalue weighted by Crippen LogP contribution is -2.69. The van der Waals surface area contributed by atoms with E-state index in [1.54, 1.807) is 20.8 Å². The summed E-state index contributed by atoms with van der Waals surface area (Å²) >= 11 is 1.32. The summed E-state index contributed by atoms with van der Waals surface area (Å²) in [6.07, 6.45) is -0.658. The van der Waals surface area contributed by atoms with Gasteiger partial charge in [-0.3, -0.25) is 4.79 Å². The molecule has 0 unspecified atom stereocenters. The Morgan fingerprint density at radius 3 is 1.76 bits per heavy atom. The Hall–Kier alpha value is -3.59. The van der Waals surface area contributed by atoms with Crippen LogP contribution in [0.3, 0.4) is 0 Å². The third-order valence-corrected chi connectivity index (χ3v) is 10.8. The quantitative estimate of drug-likeness (QED) is 0.248. The van der Waals surface area contributed by atoms with Gasteiger partial charge in [0, 0.05) is 5.38 Å².